The lowest BCUT2D eigenvalue weighted by atomic mass is 10.5. The summed E-state index contributed by atoms with van der Waals surface area (Å²) in [4.78, 5) is 18.7. The van der Waals surface area contributed by atoms with Gasteiger partial charge in [0.05, 0.1) is 0 Å². The maximum atomic E-state index is 9.37. The van der Waals surface area contributed by atoms with Crippen molar-refractivity contribution in [3.63, 3.8) is 0 Å². The molecule has 0 aromatic carbocycles. The fraction of sp³-hybridized carbons (Fsp3) is 0.500. The Balaban J connectivity index is -0.0000000731. The molecular weight excluding hydrogens is 272 g/mol. The number of carbonyl (C=O) groups is 2. The maximum absolute atomic E-state index is 9.37. The minimum Gasteiger partial charge on any atom is -0.481 e. The van der Waals surface area contributed by atoms with Crippen LogP contribution in [0.3, 0.4) is 0 Å². The molecule has 0 aromatic rings. The van der Waals surface area contributed by atoms with Gasteiger partial charge in [0, 0.05) is 24.3 Å². The first-order chi connectivity index (χ1) is 8.37. The van der Waals surface area contributed by atoms with Crippen molar-refractivity contribution in [1.82, 2.24) is 0 Å². The summed E-state index contributed by atoms with van der Waals surface area (Å²) in [6.45, 7) is 10.0. The normalized spacial score (nSPS) is 6.89. The zero-order valence-corrected chi connectivity index (χ0v) is 12.8. The molecule has 18 heavy (non-hydrogen) atoms. The van der Waals surface area contributed by atoms with E-state index in [9.17, 15) is 9.59 Å². The highest BCUT2D eigenvalue weighted by atomic mass is 32.1. The number of hydrogen-bond acceptors (Lipinski definition) is 4. The summed E-state index contributed by atoms with van der Waals surface area (Å²) in [6.07, 6.45) is 3.92. The average Bonchev–Trinajstić information content (AvgIpc) is 2.39. The number of aliphatic carboxylic acids is 2. The second-order valence-corrected chi connectivity index (χ2v) is 3.17. The van der Waals surface area contributed by atoms with Gasteiger partial charge in [-0.1, -0.05) is 26.0 Å². The van der Waals surface area contributed by atoms with Gasteiger partial charge >= 0.3 is 11.9 Å². The second-order valence-electron chi connectivity index (χ2n) is 2.44. The van der Waals surface area contributed by atoms with Crippen molar-refractivity contribution >= 4 is 37.2 Å². The number of carboxylic acids is 2. The first kappa shape index (κ1) is 25.8. The zero-order valence-electron chi connectivity index (χ0n) is 11.0. The predicted molar refractivity (Wildman–Crippen MR) is 84.0 cm³/mol. The van der Waals surface area contributed by atoms with Gasteiger partial charge in [-0.15, -0.1) is 13.2 Å². The van der Waals surface area contributed by atoms with Gasteiger partial charge in [-0.25, -0.2) is 0 Å². The molecule has 0 bridgehead atoms. The van der Waals surface area contributed by atoms with Gasteiger partial charge in [0.15, 0.2) is 0 Å². The van der Waals surface area contributed by atoms with Crippen LogP contribution in [-0.2, 0) is 9.59 Å². The Hall–Kier alpha value is -0.880. The van der Waals surface area contributed by atoms with Crippen molar-refractivity contribution in [2.75, 3.05) is 11.5 Å². The van der Waals surface area contributed by atoms with E-state index in [1.807, 2.05) is 0 Å². The van der Waals surface area contributed by atoms with Crippen LogP contribution in [0.25, 0.3) is 0 Å². The number of thiol groups is 2. The molecule has 6 heteroatoms. The van der Waals surface area contributed by atoms with Crippen LogP contribution in [-0.4, -0.2) is 33.7 Å². The van der Waals surface area contributed by atoms with Crippen LogP contribution in [0.15, 0.2) is 25.3 Å². The molecule has 0 aliphatic rings. The Labute approximate surface area is 121 Å². The van der Waals surface area contributed by atoms with Crippen molar-refractivity contribution in [2.24, 2.45) is 0 Å². The molecule has 0 heterocycles. The van der Waals surface area contributed by atoms with Gasteiger partial charge in [0.25, 0.3) is 0 Å². The molecular formula is C12H24O4S2. The average molecular weight is 296 g/mol. The van der Waals surface area contributed by atoms with E-state index in [2.05, 4.69) is 38.4 Å². The Bertz CT molecular complexity index is 184. The predicted octanol–water partition coefficient (Wildman–Crippen LogP) is 3.17. The van der Waals surface area contributed by atoms with E-state index in [-0.39, 0.29) is 12.8 Å². The molecule has 4 nitrogen and oxygen atoms in total. The van der Waals surface area contributed by atoms with Crippen LogP contribution >= 0.6 is 25.3 Å². The van der Waals surface area contributed by atoms with E-state index in [0.29, 0.717) is 0 Å². The molecule has 0 aliphatic carbocycles. The number of rotatable bonds is 4. The van der Waals surface area contributed by atoms with Gasteiger partial charge in [-0.05, 0) is 0 Å². The van der Waals surface area contributed by atoms with Crippen LogP contribution in [0, 0.1) is 0 Å². The number of carboxylic acid groups (broad SMARTS) is 2. The van der Waals surface area contributed by atoms with Gasteiger partial charge in [-0.3, -0.25) is 9.59 Å². The first-order valence-corrected chi connectivity index (χ1v) is 6.51. The third-order valence-corrected chi connectivity index (χ3v) is 1.38. The number of hydrogen-bond donors (Lipinski definition) is 4. The zero-order chi connectivity index (χ0) is 15.4. The van der Waals surface area contributed by atoms with Crippen LogP contribution < -0.4 is 0 Å². The van der Waals surface area contributed by atoms with E-state index in [1.165, 1.54) is 0 Å². The topological polar surface area (TPSA) is 74.6 Å². The quantitative estimate of drug-likeness (QED) is 0.475. The lowest BCUT2D eigenvalue weighted by molar-refractivity contribution is -0.137. The molecule has 0 saturated carbocycles. The molecule has 0 aromatic heterocycles. The summed E-state index contributed by atoms with van der Waals surface area (Å²) in [5, 5.41) is 15.4. The second kappa shape index (κ2) is 29.8. The largest absolute Gasteiger partial charge is 0.481 e. The fourth-order valence-corrected chi connectivity index (χ4v) is 0. The summed E-state index contributed by atoms with van der Waals surface area (Å²) in [5.41, 5.74) is 0. The minimum absolute atomic E-state index is 0.222. The highest BCUT2D eigenvalue weighted by molar-refractivity contribution is 7.80. The molecule has 108 valence electrons. The van der Waals surface area contributed by atoms with E-state index in [1.54, 1.807) is 26.0 Å². The Morgan fingerprint density at radius 3 is 1.06 bits per heavy atom. The van der Waals surface area contributed by atoms with Crippen LogP contribution in [0.5, 0.6) is 0 Å². The van der Waals surface area contributed by atoms with Crippen molar-refractivity contribution < 1.29 is 19.8 Å². The Kier molecular flexibility index (Phi) is 42.8. The smallest absolute Gasteiger partial charge is 0.303 e. The standard InChI is InChI=1S/2C3H6O2.2C3H6S/c2*1-2-3(4)5;2*1-2-3-4/h2*2H2,1H3,(H,4,5);2*2,4H,1,3H2. The van der Waals surface area contributed by atoms with Crippen molar-refractivity contribution in [2.45, 2.75) is 26.7 Å². The molecule has 0 radical (unpaired) electrons. The molecule has 0 atom stereocenters. The summed E-state index contributed by atoms with van der Waals surface area (Å²) in [5.74, 6) is 0.0648. The first-order valence-electron chi connectivity index (χ1n) is 5.24. The third kappa shape index (κ3) is 115. The monoisotopic (exact) mass is 296 g/mol. The fourth-order valence-electron chi connectivity index (χ4n) is 0. The molecule has 0 unspecified atom stereocenters. The Morgan fingerprint density at radius 2 is 1.06 bits per heavy atom. The van der Waals surface area contributed by atoms with Crippen LogP contribution in [0.2, 0.25) is 0 Å². The highest BCUT2D eigenvalue weighted by Crippen LogP contribution is 1.68. The SMILES string of the molecule is C=CCS.C=CCS.CCC(=O)O.CCC(=O)O. The molecule has 0 spiro atoms. The van der Waals surface area contributed by atoms with Crippen molar-refractivity contribution in [3.05, 3.63) is 25.3 Å². The van der Waals surface area contributed by atoms with E-state index in [0.717, 1.165) is 11.5 Å². The molecule has 2 N–H and O–H groups in total. The summed E-state index contributed by atoms with van der Waals surface area (Å²) in [6, 6.07) is 0. The van der Waals surface area contributed by atoms with Crippen molar-refractivity contribution in [1.29, 1.82) is 0 Å². The lowest BCUT2D eigenvalue weighted by Crippen LogP contribution is -1.86. The summed E-state index contributed by atoms with van der Waals surface area (Å²) < 4.78 is 0. The summed E-state index contributed by atoms with van der Waals surface area (Å²) in [7, 11) is 0. The molecule has 0 saturated heterocycles. The van der Waals surface area contributed by atoms with E-state index < -0.39 is 11.9 Å². The van der Waals surface area contributed by atoms with Crippen molar-refractivity contribution in [3.8, 4) is 0 Å². The molecule has 0 fully saturated rings. The molecule has 0 amide bonds. The van der Waals surface area contributed by atoms with Gasteiger partial charge in [-0.2, -0.15) is 25.3 Å². The van der Waals surface area contributed by atoms with Crippen LogP contribution in [0.1, 0.15) is 26.7 Å². The lowest BCUT2D eigenvalue weighted by Gasteiger charge is -1.71. The molecule has 0 rings (SSSR count). The van der Waals surface area contributed by atoms with Gasteiger partial charge in [0.2, 0.25) is 0 Å². The molecule has 0 aliphatic heterocycles. The van der Waals surface area contributed by atoms with Gasteiger partial charge in [0.1, 0.15) is 0 Å². The minimum atomic E-state index is -0.745. The maximum Gasteiger partial charge on any atom is 0.303 e. The van der Waals surface area contributed by atoms with Gasteiger partial charge < -0.3 is 10.2 Å². The third-order valence-electron chi connectivity index (χ3n) is 0.863. The highest BCUT2D eigenvalue weighted by Gasteiger charge is 1.81. The Morgan fingerprint density at radius 1 is 0.944 bits per heavy atom. The van der Waals surface area contributed by atoms with E-state index in [4.69, 9.17) is 10.2 Å². The summed E-state index contributed by atoms with van der Waals surface area (Å²) >= 11 is 7.60. The van der Waals surface area contributed by atoms with Crippen LogP contribution in [0.4, 0.5) is 0 Å². The van der Waals surface area contributed by atoms with E-state index >= 15 is 0 Å².